The van der Waals surface area contributed by atoms with Crippen LogP contribution in [0, 0.1) is 10.8 Å². The fraction of sp³-hybridized carbons (Fsp3) is 0.472. The smallest absolute Gasteiger partial charge is 0.395 e. The molecule has 2 fully saturated rings. The van der Waals surface area contributed by atoms with Crippen molar-refractivity contribution in [3.05, 3.63) is 77.0 Å². The normalized spacial score (nSPS) is 20.4. The molecule has 7 rings (SSSR count). The van der Waals surface area contributed by atoms with Gasteiger partial charge < -0.3 is 10.5 Å². The van der Waals surface area contributed by atoms with Crippen LogP contribution in [-0.2, 0) is 19.9 Å². The molecule has 0 bridgehead atoms. The second-order valence-electron chi connectivity index (χ2n) is 15.3. The second-order valence-corrected chi connectivity index (χ2v) is 15.7. The molecule has 0 unspecified atom stereocenters. The number of esters is 1. The summed E-state index contributed by atoms with van der Waals surface area (Å²) in [5.74, 6) is -2.68. The number of rotatable bonds is 12. The van der Waals surface area contributed by atoms with E-state index in [0.29, 0.717) is 17.3 Å². The Morgan fingerprint density at radius 3 is 2.41 bits per heavy atom. The van der Waals surface area contributed by atoms with E-state index in [1.54, 1.807) is 24.3 Å². The first kappa shape index (κ1) is 37.4. The van der Waals surface area contributed by atoms with E-state index in [4.69, 9.17) is 27.1 Å². The lowest BCUT2D eigenvalue weighted by atomic mass is 9.75. The van der Waals surface area contributed by atoms with Crippen LogP contribution in [0.2, 0.25) is 5.02 Å². The molecular formula is C36H37ClF5N9O3. The van der Waals surface area contributed by atoms with Crippen molar-refractivity contribution in [1.82, 2.24) is 34.7 Å². The fourth-order valence-electron chi connectivity index (χ4n) is 6.93. The lowest BCUT2D eigenvalue weighted by Gasteiger charge is -2.35. The first-order valence-electron chi connectivity index (χ1n) is 17.3. The molecule has 2 N–H and O–H groups in total. The van der Waals surface area contributed by atoms with Gasteiger partial charge in [0.25, 0.3) is 12.3 Å². The number of halogens is 6. The molecule has 54 heavy (non-hydrogen) atoms. The average Bonchev–Trinajstić information content (AvgIpc) is 3.97. The molecule has 0 radical (unpaired) electrons. The van der Waals surface area contributed by atoms with Gasteiger partial charge in [-0.2, -0.15) is 18.3 Å². The van der Waals surface area contributed by atoms with Gasteiger partial charge in [0.05, 0.1) is 40.8 Å². The summed E-state index contributed by atoms with van der Waals surface area (Å²) in [6.45, 7) is 5.15. The molecule has 1 amide bonds. The number of ether oxygens (including phenoxy) is 1. The Balaban J connectivity index is 1.26. The highest BCUT2D eigenvalue weighted by atomic mass is 35.5. The van der Waals surface area contributed by atoms with E-state index in [0.717, 1.165) is 34.3 Å². The van der Waals surface area contributed by atoms with Gasteiger partial charge in [-0.05, 0) is 60.8 Å². The summed E-state index contributed by atoms with van der Waals surface area (Å²) in [6, 6.07) is 10.4. The molecule has 3 heterocycles. The Morgan fingerprint density at radius 1 is 1.09 bits per heavy atom. The van der Waals surface area contributed by atoms with Gasteiger partial charge in [0.15, 0.2) is 17.3 Å². The van der Waals surface area contributed by atoms with Crippen molar-refractivity contribution >= 4 is 29.4 Å². The third kappa shape index (κ3) is 7.05. The topological polar surface area (TPSA) is 146 Å². The van der Waals surface area contributed by atoms with Crippen LogP contribution in [0.25, 0.3) is 16.9 Å². The molecule has 0 saturated heterocycles. The lowest BCUT2D eigenvalue weighted by molar-refractivity contribution is -0.195. The number of guanidine groups is 1. The molecular weight excluding hydrogens is 737 g/mol. The van der Waals surface area contributed by atoms with E-state index in [1.807, 2.05) is 31.6 Å². The van der Waals surface area contributed by atoms with E-state index in [9.17, 15) is 31.5 Å². The summed E-state index contributed by atoms with van der Waals surface area (Å²) in [4.78, 5) is 37.5. The van der Waals surface area contributed by atoms with Gasteiger partial charge in [0.1, 0.15) is 18.6 Å². The number of nitrogens with two attached hydrogens (primary N) is 1. The van der Waals surface area contributed by atoms with Crippen molar-refractivity contribution < 1.29 is 36.3 Å². The minimum Gasteiger partial charge on any atom is -0.463 e. The molecule has 2 aromatic heterocycles. The van der Waals surface area contributed by atoms with Crippen LogP contribution in [0.4, 0.5) is 22.0 Å². The number of hydrogen-bond donors (Lipinski definition) is 1. The van der Waals surface area contributed by atoms with Crippen LogP contribution in [-0.4, -0.2) is 65.3 Å². The van der Waals surface area contributed by atoms with Gasteiger partial charge in [0.2, 0.25) is 0 Å². The van der Waals surface area contributed by atoms with Crippen LogP contribution < -0.4 is 5.73 Å². The van der Waals surface area contributed by atoms with E-state index >= 15 is 0 Å². The zero-order chi connectivity index (χ0) is 38.8. The number of amides is 1. The highest BCUT2D eigenvalue weighted by molar-refractivity contribution is 6.32. The van der Waals surface area contributed by atoms with Crippen molar-refractivity contribution in [2.75, 3.05) is 6.61 Å². The van der Waals surface area contributed by atoms with Crippen molar-refractivity contribution in [2.45, 2.75) is 89.5 Å². The number of carbonyl (C=O) groups is 2. The molecule has 2 aromatic carbocycles. The first-order valence-corrected chi connectivity index (χ1v) is 17.7. The van der Waals surface area contributed by atoms with Crippen LogP contribution in [0.1, 0.15) is 94.8 Å². The minimum absolute atomic E-state index is 0.00327. The summed E-state index contributed by atoms with van der Waals surface area (Å²) >= 11 is 6.45. The van der Waals surface area contributed by atoms with Crippen LogP contribution >= 0.6 is 11.6 Å². The van der Waals surface area contributed by atoms with E-state index < -0.39 is 65.7 Å². The second kappa shape index (κ2) is 13.4. The number of aliphatic imine (C=N–C) groups is 1. The zero-order valence-corrected chi connectivity index (χ0v) is 30.3. The SMILES string of the molecule is CC(C)(C)C[C@]1(c2ccc(-c3cn(C4CC4)nn3)cc2)N=C(N)N([C@H](COC(=O)CC2(C(F)(F)F)CC2)c2ccc(Cl)c(-n3ncnc3C(F)F)c2)C1=O. The Morgan fingerprint density at radius 2 is 1.80 bits per heavy atom. The van der Waals surface area contributed by atoms with Crippen molar-refractivity contribution in [2.24, 2.45) is 21.6 Å². The van der Waals surface area contributed by atoms with Crippen molar-refractivity contribution in [1.29, 1.82) is 0 Å². The monoisotopic (exact) mass is 773 g/mol. The lowest BCUT2D eigenvalue weighted by Crippen LogP contribution is -2.47. The van der Waals surface area contributed by atoms with Crippen LogP contribution in [0.3, 0.4) is 0 Å². The molecule has 12 nitrogen and oxygen atoms in total. The Bertz CT molecular complexity index is 2100. The fourth-order valence-corrected chi connectivity index (χ4v) is 7.13. The minimum atomic E-state index is -4.60. The molecule has 0 spiro atoms. The number of alkyl halides is 5. The van der Waals surface area contributed by atoms with Gasteiger partial charge >= 0.3 is 12.1 Å². The predicted molar refractivity (Wildman–Crippen MR) is 185 cm³/mol. The number of hydrogen-bond acceptors (Lipinski definition) is 9. The zero-order valence-electron chi connectivity index (χ0n) is 29.5. The average molecular weight is 774 g/mol. The van der Waals surface area contributed by atoms with Crippen molar-refractivity contribution in [3.8, 4) is 16.9 Å². The molecule has 3 aliphatic rings. The maximum atomic E-state index is 15.0. The molecule has 286 valence electrons. The van der Waals surface area contributed by atoms with Crippen LogP contribution in [0.5, 0.6) is 0 Å². The van der Waals surface area contributed by atoms with E-state index in [2.05, 4.69) is 20.4 Å². The molecule has 1 aliphatic heterocycles. The quantitative estimate of drug-likeness (QED) is 0.117. The standard InChI is InChI=1S/C36H37ClF5N9O3/c1-33(2,3)18-35(22-7-4-20(5-8-22)25-16-49(48-47-25)23-9-10-23)31(53)50(32(43)46-35)27(17-54-28(52)15-34(12-13-34)36(40,41)42)21-6-11-24(37)26(14-21)51-30(29(38)39)44-19-45-51/h4-8,11,14,16,19,23,27,29H,9-10,12-13,15,17-18H2,1-3H3,(H2,43,46)/t27-,35-/m1/s1. The van der Waals surface area contributed by atoms with Gasteiger partial charge in [-0.25, -0.2) is 28.1 Å². The third-order valence-corrected chi connectivity index (χ3v) is 10.3. The Labute approximate surface area is 311 Å². The van der Waals surface area contributed by atoms with Gasteiger partial charge in [-0.15, -0.1) is 5.10 Å². The largest absolute Gasteiger partial charge is 0.463 e. The van der Waals surface area contributed by atoms with E-state index in [-0.39, 0.29) is 41.5 Å². The van der Waals surface area contributed by atoms with Gasteiger partial charge in [0, 0.05) is 5.56 Å². The highest BCUT2D eigenvalue weighted by Crippen LogP contribution is 2.60. The maximum absolute atomic E-state index is 15.0. The summed E-state index contributed by atoms with van der Waals surface area (Å²) in [7, 11) is 0. The number of carbonyl (C=O) groups excluding carboxylic acids is 2. The van der Waals surface area contributed by atoms with Crippen LogP contribution in [0.15, 0.2) is 60.0 Å². The first-order chi connectivity index (χ1) is 25.4. The molecule has 4 aromatic rings. The molecule has 18 heteroatoms. The summed E-state index contributed by atoms with van der Waals surface area (Å²) in [5.41, 5.74) is 4.43. The molecule has 2 atom stereocenters. The number of nitrogens with zero attached hydrogens (tertiary/aromatic N) is 8. The number of aromatic nitrogens is 6. The highest BCUT2D eigenvalue weighted by Gasteiger charge is 2.64. The Hall–Kier alpha value is -4.93. The maximum Gasteiger partial charge on any atom is 0.395 e. The summed E-state index contributed by atoms with van der Waals surface area (Å²) < 4.78 is 77.1. The summed E-state index contributed by atoms with van der Waals surface area (Å²) in [6.07, 6.45) is -3.90. The Kier molecular flexibility index (Phi) is 9.29. The molecule has 2 saturated carbocycles. The van der Waals surface area contributed by atoms with E-state index in [1.165, 1.54) is 18.2 Å². The van der Waals surface area contributed by atoms with Gasteiger partial charge in [-0.1, -0.05) is 67.9 Å². The summed E-state index contributed by atoms with van der Waals surface area (Å²) in [5, 5.41) is 12.4. The molecule has 2 aliphatic carbocycles. The van der Waals surface area contributed by atoms with Crippen molar-refractivity contribution in [3.63, 3.8) is 0 Å². The predicted octanol–water partition coefficient (Wildman–Crippen LogP) is 7.26. The number of benzene rings is 2. The van der Waals surface area contributed by atoms with Gasteiger partial charge in [-0.3, -0.25) is 14.5 Å². The third-order valence-electron chi connectivity index (χ3n) is 10.0.